The largest absolute Gasteiger partial charge is 1.00 e. The molecule has 0 aromatic carbocycles. The molecular formula is C31H66ClP. The fourth-order valence-electron chi connectivity index (χ4n) is 5.40. The number of hydrogen-bond acceptors (Lipinski definition) is 0. The summed E-state index contributed by atoms with van der Waals surface area (Å²) in [5.74, 6) is 0. The highest BCUT2D eigenvalue weighted by Crippen LogP contribution is 2.61. The number of rotatable bonds is 27. The molecule has 0 heterocycles. The van der Waals surface area contributed by atoms with Gasteiger partial charge in [0.1, 0.15) is 0 Å². The van der Waals surface area contributed by atoms with Crippen LogP contribution in [0.25, 0.3) is 0 Å². The van der Waals surface area contributed by atoms with E-state index in [0.717, 1.165) is 0 Å². The van der Waals surface area contributed by atoms with Crippen molar-refractivity contribution >= 4 is 7.26 Å². The molecular weight excluding hydrogens is 439 g/mol. The van der Waals surface area contributed by atoms with Gasteiger partial charge in [-0.1, -0.05) is 124 Å². The topological polar surface area (TPSA) is 0 Å². The van der Waals surface area contributed by atoms with Gasteiger partial charge in [0.15, 0.2) is 0 Å². The van der Waals surface area contributed by atoms with Gasteiger partial charge in [0.2, 0.25) is 0 Å². The maximum Gasteiger partial charge on any atom is 0.0594 e. The average Bonchev–Trinajstić information content (AvgIpc) is 2.80. The molecule has 0 bridgehead atoms. The molecule has 0 aliphatic heterocycles. The van der Waals surface area contributed by atoms with Gasteiger partial charge in [-0.05, 0) is 51.4 Å². The highest BCUT2D eigenvalue weighted by Gasteiger charge is 2.34. The van der Waals surface area contributed by atoms with E-state index in [1.807, 2.05) is 0 Å². The highest BCUT2D eigenvalue weighted by molar-refractivity contribution is 7.75. The summed E-state index contributed by atoms with van der Waals surface area (Å²) < 4.78 is 0. The second-order valence-corrected chi connectivity index (χ2v) is 15.4. The summed E-state index contributed by atoms with van der Waals surface area (Å²) in [5.41, 5.74) is 0. The van der Waals surface area contributed by atoms with Gasteiger partial charge >= 0.3 is 0 Å². The van der Waals surface area contributed by atoms with Crippen LogP contribution in [0, 0.1) is 0 Å². The van der Waals surface area contributed by atoms with Crippen molar-refractivity contribution in [1.29, 1.82) is 0 Å². The molecule has 0 saturated heterocycles. The van der Waals surface area contributed by atoms with Crippen LogP contribution in [-0.2, 0) is 0 Å². The first-order valence-electron chi connectivity index (χ1n) is 15.6. The molecule has 0 unspecified atom stereocenters. The lowest BCUT2D eigenvalue weighted by atomic mass is 10.1. The molecule has 0 spiro atoms. The quantitative estimate of drug-likeness (QED) is 0.0772. The minimum Gasteiger partial charge on any atom is -1.00 e. The van der Waals surface area contributed by atoms with Crippen LogP contribution in [0.15, 0.2) is 0 Å². The maximum absolute atomic E-state index is 2.35. The zero-order valence-corrected chi connectivity index (χ0v) is 25.6. The van der Waals surface area contributed by atoms with Crippen molar-refractivity contribution in [1.82, 2.24) is 0 Å². The Kier molecular flexibility index (Phi) is 31.5. The lowest BCUT2D eigenvalue weighted by Gasteiger charge is -2.28. The normalized spacial score (nSPS) is 11.6. The first-order valence-corrected chi connectivity index (χ1v) is 18.1. The van der Waals surface area contributed by atoms with Gasteiger partial charge in [-0.3, -0.25) is 0 Å². The van der Waals surface area contributed by atoms with Crippen molar-refractivity contribution in [3.05, 3.63) is 0 Å². The van der Waals surface area contributed by atoms with Crippen LogP contribution >= 0.6 is 7.26 Å². The summed E-state index contributed by atoms with van der Waals surface area (Å²) in [6.07, 6.45) is 40.6. The Bertz CT molecular complexity index is 303. The molecule has 0 aromatic rings. The van der Waals surface area contributed by atoms with Crippen molar-refractivity contribution in [3.63, 3.8) is 0 Å². The van der Waals surface area contributed by atoms with Crippen molar-refractivity contribution in [3.8, 4) is 0 Å². The van der Waals surface area contributed by atoms with E-state index in [0.29, 0.717) is 0 Å². The Balaban J connectivity index is 0. The van der Waals surface area contributed by atoms with Crippen LogP contribution in [0.4, 0.5) is 0 Å². The number of hydrogen-bond donors (Lipinski definition) is 0. The maximum atomic E-state index is 2.35. The zero-order valence-electron chi connectivity index (χ0n) is 23.9. The molecule has 33 heavy (non-hydrogen) atoms. The first-order chi connectivity index (χ1) is 15.7. The van der Waals surface area contributed by atoms with Crippen molar-refractivity contribution in [2.75, 3.05) is 24.6 Å². The molecule has 0 aromatic heterocycles. The van der Waals surface area contributed by atoms with Gasteiger partial charge in [-0.25, -0.2) is 0 Å². The van der Waals surface area contributed by atoms with Gasteiger partial charge in [0.25, 0.3) is 0 Å². The van der Waals surface area contributed by atoms with Gasteiger partial charge in [-0.2, -0.15) is 0 Å². The van der Waals surface area contributed by atoms with E-state index in [9.17, 15) is 0 Å². The molecule has 0 nitrogen and oxygen atoms in total. The molecule has 0 radical (unpaired) electrons. The van der Waals surface area contributed by atoms with Crippen molar-refractivity contribution in [2.45, 2.75) is 175 Å². The van der Waals surface area contributed by atoms with Crippen molar-refractivity contribution in [2.24, 2.45) is 0 Å². The summed E-state index contributed by atoms with van der Waals surface area (Å²) in [7, 11) is -0.712. The second-order valence-electron chi connectivity index (χ2n) is 11.0. The lowest BCUT2D eigenvalue weighted by molar-refractivity contribution is -0.00000733. The molecule has 0 fully saturated rings. The van der Waals surface area contributed by atoms with Gasteiger partial charge in [-0.15, -0.1) is 0 Å². The number of unbranched alkanes of at least 4 members (excludes halogenated alkanes) is 19. The molecule has 0 saturated carbocycles. The van der Waals surface area contributed by atoms with Crippen molar-refractivity contribution < 1.29 is 12.4 Å². The summed E-state index contributed by atoms with van der Waals surface area (Å²) in [5, 5.41) is 0. The molecule has 0 aliphatic carbocycles. The van der Waals surface area contributed by atoms with E-state index >= 15 is 0 Å². The van der Waals surface area contributed by atoms with Gasteiger partial charge in [0, 0.05) is 7.26 Å². The predicted molar refractivity (Wildman–Crippen MR) is 155 cm³/mol. The fraction of sp³-hybridized carbons (Fsp3) is 1.00. The van der Waals surface area contributed by atoms with E-state index in [1.165, 1.54) is 122 Å². The molecule has 0 atom stereocenters. The summed E-state index contributed by atoms with van der Waals surface area (Å²) >= 11 is 0. The molecule has 0 aliphatic rings. The number of halogens is 1. The Morgan fingerprint density at radius 2 is 0.455 bits per heavy atom. The van der Waals surface area contributed by atoms with E-state index in [-0.39, 0.29) is 12.4 Å². The van der Waals surface area contributed by atoms with E-state index in [1.54, 1.807) is 50.3 Å². The Labute approximate surface area is 219 Å². The summed E-state index contributed by atoms with van der Waals surface area (Å²) in [6, 6.07) is 0. The molecule has 0 amide bonds. The average molecular weight is 505 g/mol. The Hall–Kier alpha value is 0.720. The minimum absolute atomic E-state index is 0. The molecule has 0 rings (SSSR count). The van der Waals surface area contributed by atoms with Crippen LogP contribution in [0.1, 0.15) is 175 Å². The first kappa shape index (κ1) is 35.9. The minimum atomic E-state index is -0.712. The standard InChI is InChI=1S/C31H66P.ClH/c1-5-9-13-17-21-25-29-32(28-24-20-16-12-8-4,30-26-22-18-14-10-6-2)31-27-23-19-15-11-7-3;/h5-31H2,1-4H3;1H/q+1;/p-1. The highest BCUT2D eigenvalue weighted by atomic mass is 35.5. The third-order valence-corrected chi connectivity index (χ3v) is 12.8. The SMILES string of the molecule is CCCCCCCC[P+](CCCCCCC)(CCCCCCCC)CCCCCCCC.[Cl-]. The smallest absolute Gasteiger partial charge is 0.0594 e. The second kappa shape index (κ2) is 29.0. The predicted octanol–water partition coefficient (Wildman–Crippen LogP) is 9.06. The Morgan fingerprint density at radius 3 is 0.667 bits per heavy atom. The summed E-state index contributed by atoms with van der Waals surface area (Å²) in [6.45, 7) is 9.38. The summed E-state index contributed by atoms with van der Waals surface area (Å²) in [4.78, 5) is 0. The van der Waals surface area contributed by atoms with Crippen LogP contribution in [0.2, 0.25) is 0 Å². The third-order valence-electron chi connectivity index (χ3n) is 7.69. The van der Waals surface area contributed by atoms with E-state index in [4.69, 9.17) is 0 Å². The lowest BCUT2D eigenvalue weighted by Crippen LogP contribution is -3.00. The van der Waals surface area contributed by atoms with E-state index in [2.05, 4.69) is 27.7 Å². The molecule has 202 valence electrons. The van der Waals surface area contributed by atoms with Crippen LogP contribution < -0.4 is 12.4 Å². The molecule has 0 N–H and O–H groups in total. The zero-order chi connectivity index (χ0) is 23.6. The van der Waals surface area contributed by atoms with Crippen LogP contribution in [0.3, 0.4) is 0 Å². The van der Waals surface area contributed by atoms with Gasteiger partial charge in [0.05, 0.1) is 24.6 Å². The van der Waals surface area contributed by atoms with Crippen LogP contribution in [-0.4, -0.2) is 24.6 Å². The third kappa shape index (κ3) is 24.2. The fourth-order valence-corrected chi connectivity index (χ4v) is 10.3. The Morgan fingerprint density at radius 1 is 0.273 bits per heavy atom. The van der Waals surface area contributed by atoms with Gasteiger partial charge < -0.3 is 12.4 Å². The molecule has 2 heteroatoms. The monoisotopic (exact) mass is 504 g/mol. The van der Waals surface area contributed by atoms with Crippen LogP contribution in [0.5, 0.6) is 0 Å². The van der Waals surface area contributed by atoms with E-state index < -0.39 is 7.26 Å².